The van der Waals surface area contributed by atoms with Crippen molar-refractivity contribution in [2.45, 2.75) is 25.7 Å². The highest BCUT2D eigenvalue weighted by atomic mass is 35.5. The zero-order chi connectivity index (χ0) is 21.0. The van der Waals surface area contributed by atoms with Crippen molar-refractivity contribution >= 4 is 38.0 Å². The third kappa shape index (κ3) is 3.04. The second kappa shape index (κ2) is 6.96. The first-order valence-electron chi connectivity index (χ1n) is 9.85. The Morgan fingerprint density at radius 2 is 1.70 bits per heavy atom. The van der Waals surface area contributed by atoms with Gasteiger partial charge in [-0.05, 0) is 56.2 Å². The van der Waals surface area contributed by atoms with E-state index in [1.807, 2.05) is 47.7 Å². The van der Waals surface area contributed by atoms with Gasteiger partial charge in [-0.25, -0.2) is 13.4 Å². The molecule has 0 amide bonds. The molecule has 0 atom stereocenters. The average molecular weight is 442 g/mol. The number of benzene rings is 2. The molecule has 0 aliphatic carbocycles. The fourth-order valence-corrected chi connectivity index (χ4v) is 5.98. The maximum absolute atomic E-state index is 13.5. The summed E-state index contributed by atoms with van der Waals surface area (Å²) >= 11 is 6.06. The summed E-state index contributed by atoms with van der Waals surface area (Å²) in [4.78, 5) is 18.3. The Bertz CT molecular complexity index is 1440. The predicted octanol–water partition coefficient (Wildman–Crippen LogP) is 3.89. The maximum Gasteiger partial charge on any atom is 0.266 e. The lowest BCUT2D eigenvalue weighted by molar-refractivity contribution is 0.536. The van der Waals surface area contributed by atoms with E-state index in [4.69, 9.17) is 16.6 Å². The number of rotatable bonds is 2. The van der Waals surface area contributed by atoms with E-state index in [1.54, 1.807) is 16.7 Å². The lowest BCUT2D eigenvalue weighted by Gasteiger charge is -2.22. The molecule has 0 radical (unpaired) electrons. The molecule has 1 fully saturated rings. The zero-order valence-corrected chi connectivity index (χ0v) is 17.9. The van der Waals surface area contributed by atoms with Gasteiger partial charge in [-0.15, -0.1) is 0 Å². The van der Waals surface area contributed by atoms with E-state index in [9.17, 15) is 13.2 Å². The van der Waals surface area contributed by atoms with Gasteiger partial charge in [0.25, 0.3) is 5.56 Å². The Morgan fingerprint density at radius 3 is 2.40 bits per heavy atom. The van der Waals surface area contributed by atoms with Gasteiger partial charge in [0.2, 0.25) is 0 Å². The summed E-state index contributed by atoms with van der Waals surface area (Å²) in [5.74, 6) is 1.17. The van der Waals surface area contributed by atoms with E-state index < -0.39 is 9.84 Å². The summed E-state index contributed by atoms with van der Waals surface area (Å²) in [5.41, 5.74) is 2.80. The largest absolute Gasteiger partial charge is 0.281 e. The Labute approximate surface area is 178 Å². The molecule has 1 aliphatic rings. The minimum absolute atomic E-state index is 0.0225. The lowest BCUT2D eigenvalue weighted by Crippen LogP contribution is -2.25. The highest BCUT2D eigenvalue weighted by molar-refractivity contribution is 7.91. The van der Waals surface area contributed by atoms with E-state index in [1.165, 1.54) is 0 Å². The molecular formula is C22H20ClN3O3S. The van der Waals surface area contributed by atoms with Crippen molar-refractivity contribution in [1.82, 2.24) is 14.0 Å². The third-order valence-electron chi connectivity index (χ3n) is 5.84. The Hall–Kier alpha value is -2.64. The number of hydrogen-bond acceptors (Lipinski definition) is 4. The van der Waals surface area contributed by atoms with Gasteiger partial charge < -0.3 is 0 Å². The summed E-state index contributed by atoms with van der Waals surface area (Å²) in [6.07, 6.45) is 1.07. The van der Waals surface area contributed by atoms with Gasteiger partial charge in [0.15, 0.2) is 0 Å². The SMILES string of the molecule is Cc1nc(C2CCS(=O)(=O)CC2)n2c3ccccc3c(=O)n(-c3ccc(Cl)cc3)c12. The number of sulfone groups is 1. The smallest absolute Gasteiger partial charge is 0.266 e. The fraction of sp³-hybridized carbons (Fsp3) is 0.273. The minimum Gasteiger partial charge on any atom is -0.281 e. The van der Waals surface area contributed by atoms with Gasteiger partial charge in [-0.2, -0.15) is 0 Å². The van der Waals surface area contributed by atoms with E-state index in [-0.39, 0.29) is 23.0 Å². The molecule has 8 heteroatoms. The van der Waals surface area contributed by atoms with E-state index >= 15 is 0 Å². The molecule has 0 spiro atoms. The highest BCUT2D eigenvalue weighted by Gasteiger charge is 2.29. The number of hydrogen-bond donors (Lipinski definition) is 0. The van der Waals surface area contributed by atoms with Crippen LogP contribution in [-0.4, -0.2) is 33.9 Å². The molecule has 4 aromatic rings. The number of aromatic nitrogens is 3. The average Bonchev–Trinajstić information content (AvgIpc) is 3.07. The van der Waals surface area contributed by atoms with E-state index in [0.717, 1.165) is 17.0 Å². The molecular weight excluding hydrogens is 422 g/mol. The van der Waals surface area contributed by atoms with Gasteiger partial charge in [-0.1, -0.05) is 23.7 Å². The second-order valence-corrected chi connectivity index (χ2v) is 10.5. The van der Waals surface area contributed by atoms with Gasteiger partial charge in [-0.3, -0.25) is 13.8 Å². The summed E-state index contributed by atoms with van der Waals surface area (Å²) in [6, 6.07) is 14.6. The third-order valence-corrected chi connectivity index (χ3v) is 7.81. The van der Waals surface area contributed by atoms with Crippen molar-refractivity contribution in [3.8, 4) is 5.69 Å². The maximum atomic E-state index is 13.5. The van der Waals surface area contributed by atoms with Crippen molar-refractivity contribution in [2.24, 2.45) is 0 Å². The standard InChI is InChI=1S/C22H20ClN3O3S/c1-14-21-25(17-8-6-16(23)7-9-17)22(27)18-4-2-3-5-19(18)26(21)20(24-14)15-10-12-30(28,29)13-11-15/h2-9,15H,10-13H2,1H3. The summed E-state index contributed by atoms with van der Waals surface area (Å²) in [7, 11) is -2.98. The highest BCUT2D eigenvalue weighted by Crippen LogP contribution is 2.32. The Morgan fingerprint density at radius 1 is 1.03 bits per heavy atom. The molecule has 30 heavy (non-hydrogen) atoms. The van der Waals surface area contributed by atoms with Crippen LogP contribution in [0.4, 0.5) is 0 Å². The second-order valence-electron chi connectivity index (χ2n) is 7.77. The molecule has 2 aromatic carbocycles. The van der Waals surface area contributed by atoms with Crippen LogP contribution in [0.1, 0.15) is 30.3 Å². The molecule has 5 rings (SSSR count). The predicted molar refractivity (Wildman–Crippen MR) is 119 cm³/mol. The number of para-hydroxylation sites is 1. The first-order chi connectivity index (χ1) is 14.4. The van der Waals surface area contributed by atoms with Gasteiger partial charge in [0, 0.05) is 10.9 Å². The topological polar surface area (TPSA) is 73.4 Å². The molecule has 0 unspecified atom stereocenters. The van der Waals surface area contributed by atoms with Crippen LogP contribution >= 0.6 is 11.6 Å². The molecule has 0 N–H and O–H groups in total. The quantitative estimate of drug-likeness (QED) is 0.473. The Balaban J connectivity index is 1.85. The van der Waals surface area contributed by atoms with Crippen molar-refractivity contribution in [2.75, 3.05) is 11.5 Å². The molecule has 6 nitrogen and oxygen atoms in total. The Kier molecular flexibility index (Phi) is 4.48. The van der Waals surface area contributed by atoms with Crippen LogP contribution in [0.5, 0.6) is 0 Å². The number of fused-ring (bicyclic) bond motifs is 3. The number of imidazole rings is 1. The zero-order valence-electron chi connectivity index (χ0n) is 16.4. The molecule has 0 saturated carbocycles. The van der Waals surface area contributed by atoms with Gasteiger partial charge in [0.1, 0.15) is 21.3 Å². The minimum atomic E-state index is -2.98. The van der Waals surface area contributed by atoms with Crippen LogP contribution in [0, 0.1) is 6.92 Å². The molecule has 1 saturated heterocycles. The van der Waals surface area contributed by atoms with Crippen LogP contribution in [0.3, 0.4) is 0 Å². The lowest BCUT2D eigenvalue weighted by atomic mass is 10.0. The summed E-state index contributed by atoms with van der Waals surface area (Å²) in [6.45, 7) is 1.89. The number of halogens is 1. The van der Waals surface area contributed by atoms with Crippen LogP contribution in [0.25, 0.3) is 22.2 Å². The normalized spacial score (nSPS) is 17.0. The van der Waals surface area contributed by atoms with Crippen molar-refractivity contribution in [1.29, 1.82) is 0 Å². The van der Waals surface area contributed by atoms with Crippen molar-refractivity contribution in [3.63, 3.8) is 0 Å². The molecule has 0 bridgehead atoms. The number of aryl methyl sites for hydroxylation is 1. The van der Waals surface area contributed by atoms with Crippen LogP contribution < -0.4 is 5.56 Å². The molecule has 1 aliphatic heterocycles. The van der Waals surface area contributed by atoms with Crippen LogP contribution in [0.15, 0.2) is 53.3 Å². The monoisotopic (exact) mass is 441 g/mol. The molecule has 154 valence electrons. The van der Waals surface area contributed by atoms with E-state index in [2.05, 4.69) is 0 Å². The first-order valence-corrected chi connectivity index (χ1v) is 12.0. The summed E-state index contributed by atoms with van der Waals surface area (Å²) < 4.78 is 27.6. The van der Waals surface area contributed by atoms with Crippen molar-refractivity contribution < 1.29 is 8.42 Å². The first kappa shape index (κ1) is 19.3. The van der Waals surface area contributed by atoms with Gasteiger partial charge in [0.05, 0.1) is 33.8 Å². The van der Waals surface area contributed by atoms with E-state index in [0.29, 0.717) is 34.6 Å². The number of nitrogens with zero attached hydrogens (tertiary/aromatic N) is 3. The van der Waals surface area contributed by atoms with Crippen LogP contribution in [0.2, 0.25) is 5.02 Å². The molecule has 3 heterocycles. The van der Waals surface area contributed by atoms with Crippen LogP contribution in [-0.2, 0) is 9.84 Å². The van der Waals surface area contributed by atoms with Crippen molar-refractivity contribution in [3.05, 3.63) is 75.4 Å². The molecule has 2 aromatic heterocycles. The fourth-order valence-electron chi connectivity index (χ4n) is 4.36. The summed E-state index contributed by atoms with van der Waals surface area (Å²) in [5, 5.41) is 1.18. The van der Waals surface area contributed by atoms with Gasteiger partial charge >= 0.3 is 0 Å².